The fourth-order valence-corrected chi connectivity index (χ4v) is 2.90. The largest absolute Gasteiger partial charge is 0.492 e. The molecule has 6 heteroatoms. The third kappa shape index (κ3) is 7.25. The zero-order valence-corrected chi connectivity index (χ0v) is 16.0. The van der Waals surface area contributed by atoms with E-state index in [-0.39, 0.29) is 11.8 Å². The van der Waals surface area contributed by atoms with Gasteiger partial charge >= 0.3 is 0 Å². The van der Waals surface area contributed by atoms with E-state index in [1.54, 1.807) is 23.7 Å². The van der Waals surface area contributed by atoms with Crippen molar-refractivity contribution in [1.82, 2.24) is 10.2 Å². The van der Waals surface area contributed by atoms with Gasteiger partial charge in [-0.05, 0) is 55.5 Å². The molecule has 2 amide bonds. The summed E-state index contributed by atoms with van der Waals surface area (Å²) in [7, 11) is 1.74. The van der Waals surface area contributed by atoms with E-state index in [2.05, 4.69) is 11.4 Å². The number of hydrogen-bond acceptors (Lipinski definition) is 4. The summed E-state index contributed by atoms with van der Waals surface area (Å²) in [4.78, 5) is 25.4. The molecule has 0 bridgehead atoms. The summed E-state index contributed by atoms with van der Waals surface area (Å²) in [5.74, 6) is 1.37. The summed E-state index contributed by atoms with van der Waals surface area (Å²) in [6.07, 6.45) is 2.61. The predicted molar refractivity (Wildman–Crippen MR) is 99.7 cm³/mol. The van der Waals surface area contributed by atoms with Crippen molar-refractivity contribution >= 4 is 23.6 Å². The highest BCUT2D eigenvalue weighted by molar-refractivity contribution is 7.98. The van der Waals surface area contributed by atoms with Gasteiger partial charge in [0.05, 0.1) is 6.54 Å². The lowest BCUT2D eigenvalue weighted by molar-refractivity contribution is -0.135. The number of ether oxygens (including phenoxy) is 1. The number of thioether (sulfide) groups is 1. The fraction of sp³-hybridized carbons (Fsp3) is 0.556. The molecular formula is C18H28N2O3S. The summed E-state index contributed by atoms with van der Waals surface area (Å²) in [5.41, 5.74) is 2.30. The van der Waals surface area contributed by atoms with Crippen molar-refractivity contribution in [2.45, 2.75) is 33.2 Å². The molecule has 0 aliphatic carbocycles. The number of benzene rings is 1. The second kappa shape index (κ2) is 10.2. The minimum absolute atomic E-state index is 0.0803. The molecule has 1 aromatic carbocycles. The molecule has 0 aromatic heterocycles. The van der Waals surface area contributed by atoms with Gasteiger partial charge in [-0.2, -0.15) is 11.8 Å². The second-order valence-electron chi connectivity index (χ2n) is 5.97. The summed E-state index contributed by atoms with van der Waals surface area (Å²) in [6, 6.07) is 5.58. The number of carbonyl (C=O) groups is 2. The molecule has 0 spiro atoms. The van der Waals surface area contributed by atoms with Crippen LogP contribution in [0.15, 0.2) is 18.2 Å². The van der Waals surface area contributed by atoms with E-state index in [1.807, 2.05) is 32.2 Å². The lowest BCUT2D eigenvalue weighted by Gasteiger charge is -2.24. The standard InChI is InChI=1S/C18H28N2O3S/c1-13-10-14(2)12-16(11-13)23-8-7-20(4)18(22)17(6-9-24-5)19-15(3)21/h10-12,17H,6-9H2,1-5H3,(H,19,21)/t17-/m0/s1. The Morgan fingerprint density at radius 2 is 1.88 bits per heavy atom. The number of nitrogens with zero attached hydrogens (tertiary/aromatic N) is 1. The number of likely N-dealkylation sites (N-methyl/N-ethyl adjacent to an activating group) is 1. The van der Waals surface area contributed by atoms with E-state index in [0.29, 0.717) is 19.6 Å². The third-order valence-corrected chi connectivity index (χ3v) is 4.20. The molecular weight excluding hydrogens is 324 g/mol. The van der Waals surface area contributed by atoms with E-state index in [9.17, 15) is 9.59 Å². The van der Waals surface area contributed by atoms with Crippen molar-refractivity contribution < 1.29 is 14.3 Å². The van der Waals surface area contributed by atoms with Crippen LogP contribution in [0.2, 0.25) is 0 Å². The highest BCUT2D eigenvalue weighted by Gasteiger charge is 2.22. The zero-order chi connectivity index (χ0) is 18.1. The maximum Gasteiger partial charge on any atom is 0.245 e. The zero-order valence-electron chi connectivity index (χ0n) is 15.2. The highest BCUT2D eigenvalue weighted by Crippen LogP contribution is 2.16. The van der Waals surface area contributed by atoms with Crippen LogP contribution in [0, 0.1) is 13.8 Å². The van der Waals surface area contributed by atoms with Crippen LogP contribution in [0.25, 0.3) is 0 Å². The predicted octanol–water partition coefficient (Wildman–Crippen LogP) is 2.40. The first-order valence-electron chi connectivity index (χ1n) is 8.05. The summed E-state index contributed by atoms with van der Waals surface area (Å²) in [5, 5.41) is 2.73. The van der Waals surface area contributed by atoms with Crippen molar-refractivity contribution in [3.05, 3.63) is 29.3 Å². The lowest BCUT2D eigenvalue weighted by atomic mass is 10.1. The highest BCUT2D eigenvalue weighted by atomic mass is 32.2. The van der Waals surface area contributed by atoms with Crippen LogP contribution in [0.1, 0.15) is 24.5 Å². The minimum atomic E-state index is -0.471. The summed E-state index contributed by atoms with van der Waals surface area (Å²) >= 11 is 1.66. The van der Waals surface area contributed by atoms with Gasteiger partial charge in [-0.3, -0.25) is 9.59 Å². The van der Waals surface area contributed by atoms with E-state index >= 15 is 0 Å². The van der Waals surface area contributed by atoms with Crippen LogP contribution >= 0.6 is 11.8 Å². The van der Waals surface area contributed by atoms with Crippen molar-refractivity contribution in [2.24, 2.45) is 0 Å². The Morgan fingerprint density at radius 3 is 2.42 bits per heavy atom. The summed E-state index contributed by atoms with van der Waals surface area (Å²) < 4.78 is 5.75. The molecule has 1 N–H and O–H groups in total. The molecule has 0 heterocycles. The molecule has 0 unspecified atom stereocenters. The molecule has 134 valence electrons. The molecule has 5 nitrogen and oxygen atoms in total. The molecule has 0 aliphatic rings. The number of nitrogens with one attached hydrogen (secondary N) is 1. The van der Waals surface area contributed by atoms with Crippen molar-refractivity contribution in [3.8, 4) is 5.75 Å². The van der Waals surface area contributed by atoms with E-state index in [1.165, 1.54) is 6.92 Å². The number of aryl methyl sites for hydroxylation is 2. The van der Waals surface area contributed by atoms with Gasteiger partial charge in [0.25, 0.3) is 0 Å². The van der Waals surface area contributed by atoms with Gasteiger partial charge < -0.3 is 15.0 Å². The molecule has 24 heavy (non-hydrogen) atoms. The molecule has 1 aromatic rings. The SMILES string of the molecule is CSCC[C@H](NC(C)=O)C(=O)N(C)CCOc1cc(C)cc(C)c1. The van der Waals surface area contributed by atoms with Crippen molar-refractivity contribution in [2.75, 3.05) is 32.2 Å². The Kier molecular flexibility index (Phi) is 8.68. The number of carbonyl (C=O) groups excluding carboxylic acids is 2. The van der Waals surface area contributed by atoms with Crippen LogP contribution in [0.3, 0.4) is 0 Å². The molecule has 1 rings (SSSR count). The molecule has 0 fully saturated rings. The van der Waals surface area contributed by atoms with E-state index in [0.717, 1.165) is 22.6 Å². The van der Waals surface area contributed by atoms with Crippen LogP contribution in [0.5, 0.6) is 5.75 Å². The van der Waals surface area contributed by atoms with Gasteiger partial charge in [0.15, 0.2) is 0 Å². The smallest absolute Gasteiger partial charge is 0.245 e. The van der Waals surface area contributed by atoms with Crippen molar-refractivity contribution in [1.29, 1.82) is 0 Å². The maximum absolute atomic E-state index is 12.5. The quantitative estimate of drug-likeness (QED) is 0.741. The first kappa shape index (κ1) is 20.4. The fourth-order valence-electron chi connectivity index (χ4n) is 2.43. The van der Waals surface area contributed by atoms with Gasteiger partial charge in [0.1, 0.15) is 18.4 Å². The Morgan fingerprint density at radius 1 is 1.25 bits per heavy atom. The maximum atomic E-state index is 12.5. The Hall–Kier alpha value is -1.69. The third-order valence-electron chi connectivity index (χ3n) is 3.55. The minimum Gasteiger partial charge on any atom is -0.492 e. The number of amides is 2. The van der Waals surface area contributed by atoms with Crippen LogP contribution in [-0.2, 0) is 9.59 Å². The molecule has 0 saturated carbocycles. The lowest BCUT2D eigenvalue weighted by Crippen LogP contribution is -2.47. The Labute approximate surface area is 149 Å². The topological polar surface area (TPSA) is 58.6 Å². The first-order valence-corrected chi connectivity index (χ1v) is 9.45. The number of rotatable bonds is 9. The Bertz CT molecular complexity index is 543. The average molecular weight is 353 g/mol. The van der Waals surface area contributed by atoms with Crippen LogP contribution in [-0.4, -0.2) is 55.0 Å². The van der Waals surface area contributed by atoms with Gasteiger partial charge in [0.2, 0.25) is 11.8 Å². The van der Waals surface area contributed by atoms with Crippen LogP contribution < -0.4 is 10.1 Å². The molecule has 0 radical (unpaired) electrons. The first-order chi connectivity index (χ1) is 11.3. The van der Waals surface area contributed by atoms with E-state index < -0.39 is 6.04 Å². The molecule has 0 saturated heterocycles. The number of hydrogen-bond donors (Lipinski definition) is 1. The van der Waals surface area contributed by atoms with Crippen molar-refractivity contribution in [3.63, 3.8) is 0 Å². The molecule has 0 aliphatic heterocycles. The van der Waals surface area contributed by atoms with Gasteiger partial charge in [-0.15, -0.1) is 0 Å². The average Bonchev–Trinajstić information content (AvgIpc) is 2.49. The van der Waals surface area contributed by atoms with E-state index in [4.69, 9.17) is 4.74 Å². The van der Waals surface area contributed by atoms with Crippen LogP contribution in [0.4, 0.5) is 0 Å². The molecule has 1 atom stereocenters. The summed E-state index contributed by atoms with van der Waals surface area (Å²) in [6.45, 7) is 6.38. The Balaban J connectivity index is 2.53. The monoisotopic (exact) mass is 352 g/mol. The van der Waals surface area contributed by atoms with Gasteiger partial charge in [0, 0.05) is 14.0 Å². The van der Waals surface area contributed by atoms with Gasteiger partial charge in [-0.25, -0.2) is 0 Å². The van der Waals surface area contributed by atoms with Gasteiger partial charge in [-0.1, -0.05) is 6.07 Å². The second-order valence-corrected chi connectivity index (χ2v) is 6.95. The normalized spacial score (nSPS) is 11.7.